The van der Waals surface area contributed by atoms with E-state index in [2.05, 4.69) is 26.1 Å². The molecule has 1 aliphatic rings. The van der Waals surface area contributed by atoms with Gasteiger partial charge in [0.15, 0.2) is 0 Å². The first-order valence-electron chi connectivity index (χ1n) is 7.54. The monoisotopic (exact) mass is 293 g/mol. The Balaban J connectivity index is 1.52. The molecular weight excluding hydrogens is 270 g/mol. The molecule has 1 aliphatic carbocycles. The molecule has 0 atom stereocenters. The van der Waals surface area contributed by atoms with Crippen LogP contribution in [0.4, 0.5) is 10.5 Å². The zero-order valence-corrected chi connectivity index (χ0v) is 12.2. The highest BCUT2D eigenvalue weighted by Gasteiger charge is 2.16. The number of rotatable bonds is 6. The molecule has 0 radical (unpaired) electrons. The second kappa shape index (κ2) is 8.28. The summed E-state index contributed by atoms with van der Waals surface area (Å²) in [5, 5.41) is 14.5. The zero-order valence-electron chi connectivity index (χ0n) is 12.2. The van der Waals surface area contributed by atoms with E-state index in [1.54, 1.807) is 6.20 Å². The van der Waals surface area contributed by atoms with Gasteiger partial charge in [-0.15, -0.1) is 0 Å². The number of H-pyrrole nitrogens is 1. The van der Waals surface area contributed by atoms with Crippen LogP contribution in [0.2, 0.25) is 0 Å². The third-order valence-corrected chi connectivity index (χ3v) is 3.69. The van der Waals surface area contributed by atoms with Crippen LogP contribution in [-0.2, 0) is 4.79 Å². The number of hydrogen-bond acceptors (Lipinski definition) is 3. The highest BCUT2D eigenvalue weighted by Crippen LogP contribution is 2.25. The lowest BCUT2D eigenvalue weighted by atomic mass is 9.87. The van der Waals surface area contributed by atoms with Gasteiger partial charge in [-0.1, -0.05) is 19.3 Å². The minimum absolute atomic E-state index is 0.0824. The topological polar surface area (TPSA) is 98.9 Å². The van der Waals surface area contributed by atoms with Crippen molar-refractivity contribution in [1.82, 2.24) is 20.8 Å². The van der Waals surface area contributed by atoms with Crippen LogP contribution in [0, 0.1) is 5.92 Å². The Bertz CT molecular complexity index is 440. The number of anilines is 1. The van der Waals surface area contributed by atoms with E-state index in [4.69, 9.17) is 0 Å². The van der Waals surface area contributed by atoms with Crippen LogP contribution in [0.25, 0.3) is 0 Å². The van der Waals surface area contributed by atoms with Crippen LogP contribution in [0.5, 0.6) is 0 Å². The molecule has 1 aromatic heterocycles. The van der Waals surface area contributed by atoms with Crippen LogP contribution in [0.1, 0.15) is 38.5 Å². The summed E-state index contributed by atoms with van der Waals surface area (Å²) in [7, 11) is 0. The second-order valence-corrected chi connectivity index (χ2v) is 5.43. The van der Waals surface area contributed by atoms with Crippen LogP contribution in [-0.4, -0.2) is 35.2 Å². The lowest BCUT2D eigenvalue weighted by molar-refractivity contribution is -0.122. The first-order chi connectivity index (χ1) is 10.2. The van der Waals surface area contributed by atoms with Crippen molar-refractivity contribution >= 4 is 17.6 Å². The standard InChI is InChI=1S/C14H23N5O2/c20-13(8-11-4-2-1-3-5-11)15-6-7-16-14(21)19-12-9-17-18-10-12/h9-11H,1-8H2,(H,15,20)(H,17,18)(H2,16,19,21). The number of aromatic amines is 1. The molecule has 116 valence electrons. The molecule has 0 spiro atoms. The van der Waals surface area contributed by atoms with Gasteiger partial charge in [-0.25, -0.2) is 4.79 Å². The molecule has 4 N–H and O–H groups in total. The lowest BCUT2D eigenvalue weighted by Crippen LogP contribution is -2.37. The van der Waals surface area contributed by atoms with Crippen molar-refractivity contribution in [3.05, 3.63) is 12.4 Å². The number of amides is 3. The van der Waals surface area contributed by atoms with Gasteiger partial charge in [-0.05, 0) is 18.8 Å². The van der Waals surface area contributed by atoms with Crippen LogP contribution < -0.4 is 16.0 Å². The van der Waals surface area contributed by atoms with Crippen LogP contribution in [0.3, 0.4) is 0 Å². The fourth-order valence-corrected chi connectivity index (χ4v) is 2.60. The number of aromatic nitrogens is 2. The molecule has 2 rings (SSSR count). The summed E-state index contributed by atoms with van der Waals surface area (Å²) in [5.74, 6) is 0.620. The fraction of sp³-hybridized carbons (Fsp3) is 0.643. The van der Waals surface area contributed by atoms with Crippen LogP contribution >= 0.6 is 0 Å². The molecule has 21 heavy (non-hydrogen) atoms. The molecule has 0 aromatic carbocycles. The maximum absolute atomic E-state index is 11.8. The lowest BCUT2D eigenvalue weighted by Gasteiger charge is -2.20. The summed E-state index contributed by atoms with van der Waals surface area (Å²) in [6.45, 7) is 0.852. The minimum Gasteiger partial charge on any atom is -0.354 e. The van der Waals surface area contributed by atoms with E-state index in [1.165, 1.54) is 38.3 Å². The van der Waals surface area contributed by atoms with Gasteiger partial charge in [0, 0.05) is 25.7 Å². The Morgan fingerprint density at radius 1 is 1.19 bits per heavy atom. The van der Waals surface area contributed by atoms with Gasteiger partial charge in [-0.2, -0.15) is 5.10 Å². The van der Waals surface area contributed by atoms with Crippen molar-refractivity contribution in [1.29, 1.82) is 0 Å². The van der Waals surface area contributed by atoms with Crippen molar-refractivity contribution in [3.63, 3.8) is 0 Å². The second-order valence-electron chi connectivity index (χ2n) is 5.43. The minimum atomic E-state index is -0.307. The molecule has 1 saturated carbocycles. The van der Waals surface area contributed by atoms with E-state index >= 15 is 0 Å². The molecule has 0 unspecified atom stereocenters. The van der Waals surface area contributed by atoms with Crippen molar-refractivity contribution in [2.75, 3.05) is 18.4 Å². The predicted molar refractivity (Wildman–Crippen MR) is 79.8 cm³/mol. The van der Waals surface area contributed by atoms with E-state index in [1.807, 2.05) is 0 Å². The van der Waals surface area contributed by atoms with E-state index in [-0.39, 0.29) is 11.9 Å². The summed E-state index contributed by atoms with van der Waals surface area (Å²) in [5.41, 5.74) is 0.605. The van der Waals surface area contributed by atoms with Crippen LogP contribution in [0.15, 0.2) is 12.4 Å². The summed E-state index contributed by atoms with van der Waals surface area (Å²) in [6, 6.07) is -0.307. The van der Waals surface area contributed by atoms with Gasteiger partial charge in [0.2, 0.25) is 5.91 Å². The zero-order chi connectivity index (χ0) is 14.9. The highest BCUT2D eigenvalue weighted by molar-refractivity contribution is 5.88. The largest absolute Gasteiger partial charge is 0.354 e. The predicted octanol–water partition coefficient (Wildman–Crippen LogP) is 1.62. The average Bonchev–Trinajstić information content (AvgIpc) is 2.97. The average molecular weight is 293 g/mol. The number of urea groups is 1. The van der Waals surface area contributed by atoms with Gasteiger partial charge < -0.3 is 16.0 Å². The van der Waals surface area contributed by atoms with Gasteiger partial charge in [0.1, 0.15) is 0 Å². The molecule has 0 saturated heterocycles. The van der Waals surface area contributed by atoms with Crippen molar-refractivity contribution < 1.29 is 9.59 Å². The molecule has 1 fully saturated rings. The summed E-state index contributed by atoms with van der Waals surface area (Å²) < 4.78 is 0. The third-order valence-electron chi connectivity index (χ3n) is 3.69. The molecule has 1 heterocycles. The van der Waals surface area contributed by atoms with E-state index < -0.39 is 0 Å². The third kappa shape index (κ3) is 5.85. The maximum Gasteiger partial charge on any atom is 0.319 e. The van der Waals surface area contributed by atoms with Crippen molar-refractivity contribution in [2.45, 2.75) is 38.5 Å². The SMILES string of the molecule is O=C(CC1CCCCC1)NCCNC(=O)Nc1cn[nH]c1. The fourth-order valence-electron chi connectivity index (χ4n) is 2.60. The Hall–Kier alpha value is -2.05. The van der Waals surface area contributed by atoms with Crippen molar-refractivity contribution in [2.24, 2.45) is 5.92 Å². The molecule has 3 amide bonds. The number of nitrogens with zero attached hydrogens (tertiary/aromatic N) is 1. The Labute approximate surface area is 124 Å². The summed E-state index contributed by atoms with van der Waals surface area (Å²) >= 11 is 0. The Kier molecular flexibility index (Phi) is 6.05. The molecule has 7 nitrogen and oxygen atoms in total. The molecule has 0 aliphatic heterocycles. The van der Waals surface area contributed by atoms with E-state index in [0.29, 0.717) is 31.1 Å². The molecule has 1 aromatic rings. The normalized spacial score (nSPS) is 15.4. The van der Waals surface area contributed by atoms with Gasteiger partial charge >= 0.3 is 6.03 Å². The van der Waals surface area contributed by atoms with Gasteiger partial charge in [0.05, 0.1) is 11.9 Å². The molecule has 0 bridgehead atoms. The molecule has 7 heteroatoms. The first kappa shape index (κ1) is 15.3. The number of carbonyl (C=O) groups excluding carboxylic acids is 2. The number of carbonyl (C=O) groups is 2. The maximum atomic E-state index is 11.8. The number of nitrogens with one attached hydrogen (secondary N) is 4. The first-order valence-corrected chi connectivity index (χ1v) is 7.54. The summed E-state index contributed by atoms with van der Waals surface area (Å²) in [6.07, 6.45) is 9.84. The van der Waals surface area contributed by atoms with Gasteiger partial charge in [-0.3, -0.25) is 9.89 Å². The Morgan fingerprint density at radius 3 is 2.67 bits per heavy atom. The van der Waals surface area contributed by atoms with E-state index in [0.717, 1.165) is 0 Å². The van der Waals surface area contributed by atoms with Crippen molar-refractivity contribution in [3.8, 4) is 0 Å². The highest BCUT2D eigenvalue weighted by atomic mass is 16.2. The van der Waals surface area contributed by atoms with E-state index in [9.17, 15) is 9.59 Å². The Morgan fingerprint density at radius 2 is 1.95 bits per heavy atom. The van der Waals surface area contributed by atoms with Gasteiger partial charge in [0.25, 0.3) is 0 Å². The quantitative estimate of drug-likeness (QED) is 0.600. The molecular formula is C14H23N5O2. The number of hydrogen-bond donors (Lipinski definition) is 4. The smallest absolute Gasteiger partial charge is 0.319 e. The summed E-state index contributed by atoms with van der Waals surface area (Å²) in [4.78, 5) is 23.3.